The number of nitrogens with zero attached hydrogens (tertiary/aromatic N) is 1. The molecule has 32 heavy (non-hydrogen) atoms. The van der Waals surface area contributed by atoms with Crippen LogP contribution in [0.3, 0.4) is 0 Å². The minimum Gasteiger partial charge on any atom is -0.453 e. The SMILES string of the molecule is COC(=O)N[C@H]1CCc2cccc3c2N(C1=O)[C@H](C(=O)NNC(=O)c1ccc(Br)cc1)C3. The van der Waals surface area contributed by atoms with Crippen molar-refractivity contribution in [2.75, 3.05) is 12.0 Å². The number of carbonyl (C=O) groups is 4. The molecule has 0 spiro atoms. The number of methoxy groups -OCH3 is 1. The van der Waals surface area contributed by atoms with E-state index in [0.29, 0.717) is 30.5 Å². The molecule has 9 nitrogen and oxygen atoms in total. The lowest BCUT2D eigenvalue weighted by Gasteiger charge is -2.27. The van der Waals surface area contributed by atoms with E-state index in [9.17, 15) is 19.2 Å². The first kappa shape index (κ1) is 21.8. The van der Waals surface area contributed by atoms with Crippen molar-refractivity contribution in [3.63, 3.8) is 0 Å². The number of carbonyl (C=O) groups excluding carboxylic acids is 4. The van der Waals surface area contributed by atoms with Crippen molar-refractivity contribution in [2.24, 2.45) is 0 Å². The van der Waals surface area contributed by atoms with Crippen molar-refractivity contribution in [1.29, 1.82) is 0 Å². The molecule has 0 aromatic heterocycles. The fraction of sp³-hybridized carbons (Fsp3) is 0.273. The van der Waals surface area contributed by atoms with Crippen LogP contribution in [0.4, 0.5) is 10.5 Å². The van der Waals surface area contributed by atoms with Gasteiger partial charge in [0.2, 0.25) is 5.91 Å². The summed E-state index contributed by atoms with van der Waals surface area (Å²) in [4.78, 5) is 51.8. The molecule has 166 valence electrons. The van der Waals surface area contributed by atoms with Gasteiger partial charge in [0.05, 0.1) is 12.8 Å². The first-order valence-electron chi connectivity index (χ1n) is 10.0. The normalized spacial score (nSPS) is 18.9. The second-order valence-corrected chi connectivity index (χ2v) is 8.45. The molecule has 2 aromatic carbocycles. The van der Waals surface area contributed by atoms with Crippen LogP contribution in [-0.4, -0.2) is 43.0 Å². The third-order valence-electron chi connectivity index (χ3n) is 5.59. The van der Waals surface area contributed by atoms with Gasteiger partial charge < -0.3 is 10.1 Å². The van der Waals surface area contributed by atoms with Gasteiger partial charge in [-0.1, -0.05) is 34.1 Å². The van der Waals surface area contributed by atoms with E-state index >= 15 is 0 Å². The molecule has 2 aromatic rings. The maximum absolute atomic E-state index is 13.3. The second-order valence-electron chi connectivity index (χ2n) is 7.53. The number of para-hydroxylation sites is 1. The van der Waals surface area contributed by atoms with Gasteiger partial charge in [-0.3, -0.25) is 30.1 Å². The third-order valence-corrected chi connectivity index (χ3v) is 6.12. The number of anilines is 1. The average Bonchev–Trinajstić information content (AvgIpc) is 3.13. The molecular formula is C22H21BrN4O5. The molecule has 0 bridgehead atoms. The molecule has 0 unspecified atom stereocenters. The smallest absolute Gasteiger partial charge is 0.407 e. The number of aryl methyl sites for hydroxylation is 1. The minimum absolute atomic E-state index is 0.305. The van der Waals surface area contributed by atoms with Crippen LogP contribution in [0, 0.1) is 0 Å². The molecule has 0 aliphatic carbocycles. The first-order chi connectivity index (χ1) is 15.4. The maximum atomic E-state index is 13.3. The van der Waals surface area contributed by atoms with Crippen LogP contribution in [0.15, 0.2) is 46.9 Å². The first-order valence-corrected chi connectivity index (χ1v) is 10.8. The summed E-state index contributed by atoms with van der Waals surface area (Å²) in [6, 6.07) is 10.7. The number of hydrogen-bond donors (Lipinski definition) is 3. The molecule has 2 aliphatic rings. The summed E-state index contributed by atoms with van der Waals surface area (Å²) >= 11 is 3.30. The number of halogens is 1. The van der Waals surface area contributed by atoms with Gasteiger partial charge in [-0.05, 0) is 48.2 Å². The van der Waals surface area contributed by atoms with Crippen LogP contribution >= 0.6 is 15.9 Å². The van der Waals surface area contributed by atoms with Gasteiger partial charge in [0.25, 0.3) is 11.8 Å². The number of benzene rings is 2. The Morgan fingerprint density at radius 2 is 1.78 bits per heavy atom. The summed E-state index contributed by atoms with van der Waals surface area (Å²) in [7, 11) is 1.23. The zero-order valence-corrected chi connectivity index (χ0v) is 18.8. The lowest BCUT2D eigenvalue weighted by molar-refractivity contribution is -0.127. The summed E-state index contributed by atoms with van der Waals surface area (Å²) in [6.07, 6.45) is 0.542. The monoisotopic (exact) mass is 500 g/mol. The van der Waals surface area contributed by atoms with E-state index in [0.717, 1.165) is 15.6 Å². The van der Waals surface area contributed by atoms with Crippen LogP contribution in [0.1, 0.15) is 27.9 Å². The minimum atomic E-state index is -0.857. The fourth-order valence-corrected chi connectivity index (χ4v) is 4.32. The average molecular weight is 501 g/mol. The number of hydrazine groups is 1. The Balaban J connectivity index is 1.53. The number of ether oxygens (including phenoxy) is 1. The van der Waals surface area contributed by atoms with Gasteiger partial charge >= 0.3 is 6.09 Å². The highest BCUT2D eigenvalue weighted by Crippen LogP contribution is 2.39. The number of rotatable bonds is 3. The predicted molar refractivity (Wildman–Crippen MR) is 119 cm³/mol. The van der Waals surface area contributed by atoms with Crippen LogP contribution in [0.5, 0.6) is 0 Å². The van der Waals surface area contributed by atoms with Crippen molar-refractivity contribution < 1.29 is 23.9 Å². The topological polar surface area (TPSA) is 117 Å². The second kappa shape index (κ2) is 8.99. The third kappa shape index (κ3) is 4.18. The van der Waals surface area contributed by atoms with E-state index in [2.05, 4.69) is 36.8 Å². The number of alkyl carbamates (subject to hydrolysis) is 1. The highest BCUT2D eigenvalue weighted by atomic mass is 79.9. The Hall–Kier alpha value is -3.40. The Labute approximate surface area is 192 Å². The highest BCUT2D eigenvalue weighted by Gasteiger charge is 2.44. The van der Waals surface area contributed by atoms with Crippen LogP contribution in [0.2, 0.25) is 0 Å². The van der Waals surface area contributed by atoms with E-state index in [4.69, 9.17) is 0 Å². The highest BCUT2D eigenvalue weighted by molar-refractivity contribution is 9.10. The van der Waals surface area contributed by atoms with Gasteiger partial charge in [-0.15, -0.1) is 0 Å². The van der Waals surface area contributed by atoms with Crippen molar-refractivity contribution in [3.05, 3.63) is 63.6 Å². The molecule has 0 saturated heterocycles. The van der Waals surface area contributed by atoms with E-state index in [1.165, 1.54) is 12.0 Å². The van der Waals surface area contributed by atoms with E-state index < -0.39 is 35.9 Å². The van der Waals surface area contributed by atoms with Crippen molar-refractivity contribution in [2.45, 2.75) is 31.3 Å². The number of amides is 4. The summed E-state index contributed by atoms with van der Waals surface area (Å²) < 4.78 is 5.47. The Morgan fingerprint density at radius 3 is 2.50 bits per heavy atom. The van der Waals surface area contributed by atoms with Gasteiger partial charge in [-0.25, -0.2) is 4.79 Å². The summed E-state index contributed by atoms with van der Waals surface area (Å²) in [6.45, 7) is 0. The van der Waals surface area contributed by atoms with Gasteiger partial charge in [0.15, 0.2) is 0 Å². The number of hydrogen-bond acceptors (Lipinski definition) is 5. The molecule has 0 saturated carbocycles. The molecule has 0 fully saturated rings. The molecule has 4 amide bonds. The van der Waals surface area contributed by atoms with E-state index in [1.54, 1.807) is 24.3 Å². The van der Waals surface area contributed by atoms with Crippen LogP contribution in [0.25, 0.3) is 0 Å². The zero-order chi connectivity index (χ0) is 22.8. The summed E-state index contributed by atoms with van der Waals surface area (Å²) in [5.41, 5.74) is 7.71. The lowest BCUT2D eigenvalue weighted by atomic mass is 10.0. The summed E-state index contributed by atoms with van der Waals surface area (Å²) in [5, 5.41) is 2.56. The molecule has 0 radical (unpaired) electrons. The Morgan fingerprint density at radius 1 is 1.06 bits per heavy atom. The maximum Gasteiger partial charge on any atom is 0.407 e. The predicted octanol–water partition coefficient (Wildman–Crippen LogP) is 1.84. The molecule has 2 atom stereocenters. The summed E-state index contributed by atoms with van der Waals surface area (Å²) in [5.74, 6) is -1.39. The Kier molecular flexibility index (Phi) is 6.13. The van der Waals surface area contributed by atoms with Crippen molar-refractivity contribution in [3.8, 4) is 0 Å². The molecule has 4 rings (SSSR count). The standard InChI is InChI=1S/C22H21BrN4O5/c1-32-22(31)24-16-10-7-12-3-2-4-14-11-17(27(18(12)14)21(16)30)20(29)26-25-19(28)13-5-8-15(23)9-6-13/h2-6,8-9,16-17H,7,10-11H2,1H3,(H,24,31)(H,25,28)(H,26,29)/t16-,17-/m0/s1. The van der Waals surface area contributed by atoms with Crippen LogP contribution in [-0.2, 0) is 27.2 Å². The number of nitrogens with one attached hydrogen (secondary N) is 3. The fourth-order valence-electron chi connectivity index (χ4n) is 4.05. The molecule has 10 heteroatoms. The van der Waals surface area contributed by atoms with Gasteiger partial charge in [0.1, 0.15) is 12.1 Å². The van der Waals surface area contributed by atoms with Crippen LogP contribution < -0.4 is 21.1 Å². The van der Waals surface area contributed by atoms with E-state index in [-0.39, 0.29) is 0 Å². The quantitative estimate of drug-likeness (QED) is 0.556. The molecule has 2 aliphatic heterocycles. The van der Waals surface area contributed by atoms with Gasteiger partial charge in [-0.2, -0.15) is 0 Å². The largest absolute Gasteiger partial charge is 0.453 e. The Bertz CT molecular complexity index is 1090. The zero-order valence-electron chi connectivity index (χ0n) is 17.2. The van der Waals surface area contributed by atoms with E-state index in [1.807, 2.05) is 18.2 Å². The van der Waals surface area contributed by atoms with Crippen molar-refractivity contribution in [1.82, 2.24) is 16.2 Å². The lowest BCUT2D eigenvalue weighted by Crippen LogP contribution is -2.56. The molecular weight excluding hydrogens is 480 g/mol. The molecule has 3 N–H and O–H groups in total. The van der Waals surface area contributed by atoms with Gasteiger partial charge in [0, 0.05) is 16.5 Å². The van der Waals surface area contributed by atoms with Crippen molar-refractivity contribution >= 4 is 45.4 Å². The molecule has 2 heterocycles.